The van der Waals surface area contributed by atoms with Gasteiger partial charge in [0.25, 0.3) is 0 Å². The van der Waals surface area contributed by atoms with Gasteiger partial charge in [0.15, 0.2) is 5.75 Å². The molecule has 6 nitrogen and oxygen atoms in total. The van der Waals surface area contributed by atoms with E-state index in [2.05, 4.69) is 10.2 Å². The number of carbonyl (C=O) groups excluding carboxylic acids is 2. The van der Waals surface area contributed by atoms with Gasteiger partial charge in [-0.1, -0.05) is 32.4 Å². The smallest absolute Gasteiger partial charge is 0.308 e. The van der Waals surface area contributed by atoms with Crippen molar-refractivity contribution in [3.8, 4) is 11.4 Å². The Balaban J connectivity index is 2.32. The molecule has 0 saturated heterocycles. The lowest BCUT2D eigenvalue weighted by molar-refractivity contribution is -0.131. The van der Waals surface area contributed by atoms with E-state index >= 15 is 0 Å². The topological polar surface area (TPSA) is 74.1 Å². The Labute approximate surface area is 155 Å². The summed E-state index contributed by atoms with van der Waals surface area (Å²) in [5.41, 5.74) is 2.44. The molecule has 0 spiro atoms. The molecule has 0 radical (unpaired) electrons. The molecule has 0 N–H and O–H groups in total. The van der Waals surface area contributed by atoms with Gasteiger partial charge in [-0.25, -0.2) is 0 Å². The Morgan fingerprint density at radius 1 is 1.15 bits per heavy atom. The Morgan fingerprint density at radius 3 is 2.46 bits per heavy atom. The van der Waals surface area contributed by atoms with Crippen molar-refractivity contribution in [1.29, 1.82) is 0 Å². The predicted octanol–water partition coefficient (Wildman–Crippen LogP) is 4.11. The minimum Gasteiger partial charge on any atom is -0.424 e. The quantitative estimate of drug-likeness (QED) is 0.393. The van der Waals surface area contributed by atoms with Crippen LogP contribution in [0.25, 0.3) is 16.7 Å². The normalized spacial score (nSPS) is 11.6. The molecule has 26 heavy (non-hydrogen) atoms. The molecule has 1 heterocycles. The van der Waals surface area contributed by atoms with Gasteiger partial charge in [-0.05, 0) is 35.7 Å². The Hall–Kier alpha value is -2.73. The van der Waals surface area contributed by atoms with E-state index in [1.807, 2.05) is 20.8 Å². The van der Waals surface area contributed by atoms with E-state index in [0.717, 1.165) is 6.29 Å². The van der Waals surface area contributed by atoms with Gasteiger partial charge in [-0.15, -0.1) is 15.0 Å². The Morgan fingerprint density at radius 2 is 1.85 bits per heavy atom. The molecule has 0 aliphatic heterocycles. The van der Waals surface area contributed by atoms with Crippen LogP contribution in [0.15, 0.2) is 30.3 Å². The molecule has 0 aliphatic rings. The number of hydrogen-bond acceptors (Lipinski definition) is 5. The third-order valence-corrected chi connectivity index (χ3v) is 4.07. The van der Waals surface area contributed by atoms with Gasteiger partial charge in [0.05, 0.1) is 0 Å². The number of fused-ring (bicyclic) bond motifs is 1. The first-order valence-corrected chi connectivity index (χ1v) is 8.42. The Kier molecular flexibility index (Phi) is 4.54. The molecule has 0 saturated carbocycles. The van der Waals surface area contributed by atoms with Gasteiger partial charge in [0.2, 0.25) is 0 Å². The van der Waals surface area contributed by atoms with Crippen LogP contribution in [0.1, 0.15) is 43.6 Å². The van der Waals surface area contributed by atoms with Gasteiger partial charge < -0.3 is 4.74 Å². The number of carbonyl (C=O) groups is 2. The highest BCUT2D eigenvalue weighted by atomic mass is 35.5. The van der Waals surface area contributed by atoms with E-state index in [9.17, 15) is 9.59 Å². The molecule has 3 aromatic rings. The third-order valence-electron chi connectivity index (χ3n) is 3.84. The molecule has 0 unspecified atom stereocenters. The highest BCUT2D eigenvalue weighted by molar-refractivity contribution is 6.31. The van der Waals surface area contributed by atoms with E-state index in [1.165, 1.54) is 11.7 Å². The summed E-state index contributed by atoms with van der Waals surface area (Å²) in [4.78, 5) is 24.5. The van der Waals surface area contributed by atoms with E-state index < -0.39 is 5.97 Å². The van der Waals surface area contributed by atoms with E-state index in [1.54, 1.807) is 30.3 Å². The fourth-order valence-electron chi connectivity index (χ4n) is 2.66. The number of aldehydes is 1. The van der Waals surface area contributed by atoms with E-state index in [-0.39, 0.29) is 5.41 Å². The predicted molar refractivity (Wildman–Crippen MR) is 99.3 cm³/mol. The molecule has 3 rings (SSSR count). The average molecular weight is 372 g/mol. The second kappa shape index (κ2) is 6.53. The summed E-state index contributed by atoms with van der Waals surface area (Å²) in [6.07, 6.45) is 0.746. The third kappa shape index (κ3) is 3.46. The van der Waals surface area contributed by atoms with Crippen LogP contribution < -0.4 is 4.74 Å². The van der Waals surface area contributed by atoms with Gasteiger partial charge in [-0.3, -0.25) is 9.59 Å². The van der Waals surface area contributed by atoms with Crippen molar-refractivity contribution in [1.82, 2.24) is 15.0 Å². The lowest BCUT2D eigenvalue weighted by Gasteiger charge is -2.24. The molecule has 0 atom stereocenters. The second-order valence-electron chi connectivity index (χ2n) is 7.00. The first-order valence-electron chi connectivity index (χ1n) is 8.04. The van der Waals surface area contributed by atoms with Crippen molar-refractivity contribution in [3.05, 3.63) is 46.5 Å². The summed E-state index contributed by atoms with van der Waals surface area (Å²) in [5.74, 6) is -0.127. The second-order valence-corrected chi connectivity index (χ2v) is 7.44. The van der Waals surface area contributed by atoms with Gasteiger partial charge in [0, 0.05) is 23.1 Å². The lowest BCUT2D eigenvalue weighted by atomic mass is 9.85. The minimum atomic E-state index is -0.463. The Bertz CT molecular complexity index is 1020. The monoisotopic (exact) mass is 371 g/mol. The number of nitrogens with zero attached hydrogens (tertiary/aromatic N) is 3. The van der Waals surface area contributed by atoms with Crippen LogP contribution in [0.2, 0.25) is 5.02 Å². The van der Waals surface area contributed by atoms with Crippen molar-refractivity contribution >= 4 is 34.9 Å². The van der Waals surface area contributed by atoms with Crippen LogP contribution in [-0.2, 0) is 10.2 Å². The van der Waals surface area contributed by atoms with Crippen LogP contribution in [0.3, 0.4) is 0 Å². The molecule has 7 heteroatoms. The van der Waals surface area contributed by atoms with Crippen molar-refractivity contribution in [2.24, 2.45) is 0 Å². The zero-order valence-electron chi connectivity index (χ0n) is 14.9. The summed E-state index contributed by atoms with van der Waals surface area (Å²) in [7, 11) is 0. The number of benzene rings is 2. The molecule has 2 aromatic carbocycles. The van der Waals surface area contributed by atoms with E-state index in [4.69, 9.17) is 16.3 Å². The fraction of sp³-hybridized carbons (Fsp3) is 0.263. The average Bonchev–Trinajstić information content (AvgIpc) is 2.96. The molecule has 134 valence electrons. The molecule has 0 amide bonds. The number of hydrogen-bond donors (Lipinski definition) is 0. The maximum atomic E-state index is 11.7. The summed E-state index contributed by atoms with van der Waals surface area (Å²) in [6.45, 7) is 7.25. The summed E-state index contributed by atoms with van der Waals surface area (Å²) in [6, 6.07) is 8.48. The van der Waals surface area contributed by atoms with Crippen molar-refractivity contribution in [3.63, 3.8) is 0 Å². The molecule has 1 aromatic heterocycles. The van der Waals surface area contributed by atoms with Crippen molar-refractivity contribution in [2.45, 2.75) is 33.1 Å². The summed E-state index contributed by atoms with van der Waals surface area (Å²) in [5, 5.41) is 9.40. The van der Waals surface area contributed by atoms with Crippen molar-refractivity contribution in [2.75, 3.05) is 0 Å². The van der Waals surface area contributed by atoms with E-state index in [0.29, 0.717) is 38.6 Å². The largest absolute Gasteiger partial charge is 0.424 e. The van der Waals surface area contributed by atoms with Crippen LogP contribution in [0.5, 0.6) is 5.75 Å². The SMILES string of the molecule is CC(=O)Oc1c(-n2nc3ccc(Cl)cc3n2)cc(C=O)cc1C(C)(C)C. The van der Waals surface area contributed by atoms with Gasteiger partial charge >= 0.3 is 5.97 Å². The number of halogens is 1. The number of rotatable bonds is 3. The first kappa shape index (κ1) is 18.1. The van der Waals surface area contributed by atoms with Crippen LogP contribution in [0, 0.1) is 0 Å². The lowest BCUT2D eigenvalue weighted by Crippen LogP contribution is -2.18. The summed E-state index contributed by atoms with van der Waals surface area (Å²) >= 11 is 6.01. The highest BCUT2D eigenvalue weighted by Crippen LogP contribution is 2.37. The van der Waals surface area contributed by atoms with Crippen LogP contribution >= 0.6 is 11.6 Å². The molecule has 0 aliphatic carbocycles. The zero-order chi connectivity index (χ0) is 19.1. The molecular formula is C19H18ClN3O3. The maximum absolute atomic E-state index is 11.7. The highest BCUT2D eigenvalue weighted by Gasteiger charge is 2.25. The van der Waals surface area contributed by atoms with Crippen LogP contribution in [-0.4, -0.2) is 27.2 Å². The zero-order valence-corrected chi connectivity index (χ0v) is 15.7. The molecular weight excluding hydrogens is 354 g/mol. The van der Waals surface area contributed by atoms with Crippen molar-refractivity contribution < 1.29 is 14.3 Å². The summed E-state index contributed by atoms with van der Waals surface area (Å²) < 4.78 is 5.49. The number of ether oxygens (including phenoxy) is 1. The number of aromatic nitrogens is 3. The fourth-order valence-corrected chi connectivity index (χ4v) is 2.82. The minimum absolute atomic E-state index is 0.335. The number of esters is 1. The first-order chi connectivity index (χ1) is 12.2. The standard InChI is InChI=1S/C19H18ClN3O3/c1-11(25)26-18-14(19(2,3)4)7-12(10-24)8-17(18)23-21-15-6-5-13(20)9-16(15)22-23/h5-10H,1-4H3. The van der Waals surface area contributed by atoms with Crippen LogP contribution in [0.4, 0.5) is 0 Å². The maximum Gasteiger partial charge on any atom is 0.308 e. The molecule has 0 bridgehead atoms. The molecule has 0 fully saturated rings. The van der Waals surface area contributed by atoms with Gasteiger partial charge in [0.1, 0.15) is 23.0 Å². The van der Waals surface area contributed by atoms with Gasteiger partial charge in [-0.2, -0.15) is 0 Å².